The molecule has 0 unspecified atom stereocenters. The van der Waals surface area contributed by atoms with E-state index in [1.807, 2.05) is 24.3 Å². The van der Waals surface area contributed by atoms with Crippen LogP contribution >= 0.6 is 22.6 Å². The maximum Gasteiger partial charge on any atom is 0.251 e. The molecule has 0 aliphatic carbocycles. The summed E-state index contributed by atoms with van der Waals surface area (Å²) in [6.07, 6.45) is 0. The van der Waals surface area contributed by atoms with E-state index in [0.717, 1.165) is 35.3 Å². The van der Waals surface area contributed by atoms with Crippen LogP contribution in [0.1, 0.15) is 15.9 Å². The highest BCUT2D eigenvalue weighted by atomic mass is 127. The molecule has 1 amide bonds. The van der Waals surface area contributed by atoms with Crippen LogP contribution in [0, 0.1) is 3.57 Å². The molecule has 0 bridgehead atoms. The van der Waals surface area contributed by atoms with Gasteiger partial charge in [-0.2, -0.15) is 0 Å². The molecule has 5 heteroatoms. The highest BCUT2D eigenvalue weighted by Crippen LogP contribution is 2.17. The Morgan fingerprint density at radius 3 is 2.25 bits per heavy atom. The minimum Gasteiger partial charge on any atom is -0.369 e. The molecule has 1 fully saturated rings. The van der Waals surface area contributed by atoms with Crippen molar-refractivity contribution < 1.29 is 4.79 Å². The van der Waals surface area contributed by atoms with Crippen LogP contribution in [-0.2, 0) is 6.54 Å². The van der Waals surface area contributed by atoms with Gasteiger partial charge in [0.05, 0.1) is 0 Å². The molecule has 0 atom stereocenters. The molecule has 0 aromatic heterocycles. The lowest BCUT2D eigenvalue weighted by molar-refractivity contribution is 0.0951. The van der Waals surface area contributed by atoms with Gasteiger partial charge in [-0.1, -0.05) is 12.1 Å². The Balaban J connectivity index is 1.54. The number of hydrogen-bond acceptors (Lipinski definition) is 3. The third kappa shape index (κ3) is 4.48. The minimum atomic E-state index is -0.0328. The molecule has 0 spiro atoms. The third-order valence-corrected chi connectivity index (χ3v) is 5.08. The van der Waals surface area contributed by atoms with Crippen molar-refractivity contribution in [3.63, 3.8) is 0 Å². The summed E-state index contributed by atoms with van der Waals surface area (Å²) in [7, 11) is 2.16. The number of anilines is 1. The van der Waals surface area contributed by atoms with Gasteiger partial charge in [-0.3, -0.25) is 4.79 Å². The molecule has 1 aliphatic rings. The third-order valence-electron chi connectivity index (χ3n) is 4.36. The Morgan fingerprint density at radius 2 is 1.62 bits per heavy atom. The molecule has 126 valence electrons. The van der Waals surface area contributed by atoms with E-state index in [1.54, 1.807) is 0 Å². The second kappa shape index (κ2) is 7.98. The first-order valence-electron chi connectivity index (χ1n) is 8.18. The predicted octanol–water partition coefficient (Wildman–Crippen LogP) is 2.97. The van der Waals surface area contributed by atoms with Crippen LogP contribution in [0.2, 0.25) is 0 Å². The first-order valence-corrected chi connectivity index (χ1v) is 9.26. The molecule has 0 radical (unpaired) electrons. The average Bonchev–Trinajstić information content (AvgIpc) is 2.61. The zero-order chi connectivity index (χ0) is 16.9. The van der Waals surface area contributed by atoms with Crippen molar-refractivity contribution in [2.75, 3.05) is 38.1 Å². The maximum absolute atomic E-state index is 12.1. The number of likely N-dealkylation sites (N-methyl/N-ethyl adjacent to an activating group) is 1. The zero-order valence-electron chi connectivity index (χ0n) is 13.8. The smallest absolute Gasteiger partial charge is 0.251 e. The van der Waals surface area contributed by atoms with Gasteiger partial charge in [0.2, 0.25) is 0 Å². The summed E-state index contributed by atoms with van der Waals surface area (Å²) in [5.41, 5.74) is 3.08. The van der Waals surface area contributed by atoms with E-state index in [4.69, 9.17) is 0 Å². The first-order chi connectivity index (χ1) is 11.6. The summed E-state index contributed by atoms with van der Waals surface area (Å²) >= 11 is 2.23. The molecule has 1 N–H and O–H groups in total. The summed E-state index contributed by atoms with van der Waals surface area (Å²) < 4.78 is 1.13. The molecule has 3 rings (SSSR count). The molecule has 2 aromatic carbocycles. The maximum atomic E-state index is 12.1. The quantitative estimate of drug-likeness (QED) is 0.751. The van der Waals surface area contributed by atoms with Gasteiger partial charge in [0.15, 0.2) is 0 Å². The van der Waals surface area contributed by atoms with Crippen molar-refractivity contribution >= 4 is 34.2 Å². The molecular formula is C19H22IN3O. The number of rotatable bonds is 4. The molecule has 1 aliphatic heterocycles. The van der Waals surface area contributed by atoms with Crippen LogP contribution in [0.15, 0.2) is 48.5 Å². The van der Waals surface area contributed by atoms with Crippen molar-refractivity contribution in [1.29, 1.82) is 0 Å². The van der Waals surface area contributed by atoms with Gasteiger partial charge in [0.1, 0.15) is 0 Å². The van der Waals surface area contributed by atoms with Gasteiger partial charge in [-0.15, -0.1) is 0 Å². The molecule has 0 saturated carbocycles. The van der Waals surface area contributed by atoms with Crippen LogP contribution in [0.25, 0.3) is 0 Å². The second-order valence-electron chi connectivity index (χ2n) is 6.15. The Hall–Kier alpha value is -1.60. The van der Waals surface area contributed by atoms with E-state index in [9.17, 15) is 4.79 Å². The average molecular weight is 435 g/mol. The van der Waals surface area contributed by atoms with Gasteiger partial charge >= 0.3 is 0 Å². The lowest BCUT2D eigenvalue weighted by atomic mass is 10.1. The van der Waals surface area contributed by atoms with Crippen LogP contribution in [0.4, 0.5) is 5.69 Å². The van der Waals surface area contributed by atoms with Gasteiger partial charge in [0.25, 0.3) is 5.91 Å². The zero-order valence-corrected chi connectivity index (χ0v) is 16.0. The highest BCUT2D eigenvalue weighted by Gasteiger charge is 2.14. The SMILES string of the molecule is CN1CCN(c2ccc(CNC(=O)c3ccc(I)cc3)cc2)CC1. The van der Waals surface area contributed by atoms with Crippen molar-refractivity contribution in [3.05, 3.63) is 63.2 Å². The van der Waals surface area contributed by atoms with Crippen LogP contribution in [0.5, 0.6) is 0 Å². The number of carbonyl (C=O) groups is 1. The first kappa shape index (κ1) is 17.2. The summed E-state index contributed by atoms with van der Waals surface area (Å²) in [4.78, 5) is 16.9. The monoisotopic (exact) mass is 435 g/mol. The topological polar surface area (TPSA) is 35.6 Å². The number of piperazine rings is 1. The molecular weight excluding hydrogens is 413 g/mol. The van der Waals surface area contributed by atoms with E-state index in [1.165, 1.54) is 5.69 Å². The van der Waals surface area contributed by atoms with Crippen LogP contribution < -0.4 is 10.2 Å². The van der Waals surface area contributed by atoms with Gasteiger partial charge in [-0.25, -0.2) is 0 Å². The fourth-order valence-corrected chi connectivity index (χ4v) is 3.13. The summed E-state index contributed by atoms with van der Waals surface area (Å²) in [5, 5.41) is 2.98. The van der Waals surface area contributed by atoms with Gasteiger partial charge < -0.3 is 15.1 Å². The van der Waals surface area contributed by atoms with Gasteiger partial charge in [0, 0.05) is 47.5 Å². The lowest BCUT2D eigenvalue weighted by Gasteiger charge is -2.34. The summed E-state index contributed by atoms with van der Waals surface area (Å²) in [6, 6.07) is 16.1. The number of hydrogen-bond donors (Lipinski definition) is 1. The molecule has 1 heterocycles. The number of nitrogens with one attached hydrogen (secondary N) is 1. The largest absolute Gasteiger partial charge is 0.369 e. The Morgan fingerprint density at radius 1 is 1.00 bits per heavy atom. The van der Waals surface area contributed by atoms with Crippen molar-refractivity contribution in [2.24, 2.45) is 0 Å². The Bertz CT molecular complexity index is 677. The Kier molecular flexibility index (Phi) is 5.73. The van der Waals surface area contributed by atoms with E-state index < -0.39 is 0 Å². The van der Waals surface area contributed by atoms with Crippen molar-refractivity contribution in [1.82, 2.24) is 10.2 Å². The van der Waals surface area contributed by atoms with E-state index in [-0.39, 0.29) is 5.91 Å². The second-order valence-corrected chi connectivity index (χ2v) is 7.39. The highest BCUT2D eigenvalue weighted by molar-refractivity contribution is 14.1. The van der Waals surface area contributed by atoms with Crippen LogP contribution in [0.3, 0.4) is 0 Å². The number of benzene rings is 2. The number of carbonyl (C=O) groups excluding carboxylic acids is 1. The molecule has 4 nitrogen and oxygen atoms in total. The van der Waals surface area contributed by atoms with E-state index >= 15 is 0 Å². The van der Waals surface area contributed by atoms with Crippen molar-refractivity contribution in [2.45, 2.75) is 6.54 Å². The predicted molar refractivity (Wildman–Crippen MR) is 106 cm³/mol. The lowest BCUT2D eigenvalue weighted by Crippen LogP contribution is -2.44. The fraction of sp³-hybridized carbons (Fsp3) is 0.316. The standard InChI is InChI=1S/C19H22IN3O/c1-22-10-12-23(13-11-22)18-8-2-15(3-9-18)14-21-19(24)16-4-6-17(20)7-5-16/h2-9H,10-14H2,1H3,(H,21,24). The molecule has 2 aromatic rings. The number of amides is 1. The Labute approximate surface area is 157 Å². The molecule has 1 saturated heterocycles. The van der Waals surface area contributed by atoms with E-state index in [2.05, 4.69) is 69.0 Å². The van der Waals surface area contributed by atoms with Crippen LogP contribution in [-0.4, -0.2) is 44.0 Å². The molecule has 24 heavy (non-hydrogen) atoms. The number of halogens is 1. The minimum absolute atomic E-state index is 0.0328. The fourth-order valence-electron chi connectivity index (χ4n) is 2.77. The summed E-state index contributed by atoms with van der Waals surface area (Å²) in [5.74, 6) is -0.0328. The van der Waals surface area contributed by atoms with E-state index in [0.29, 0.717) is 12.1 Å². The van der Waals surface area contributed by atoms with Crippen molar-refractivity contribution in [3.8, 4) is 0 Å². The normalized spacial score (nSPS) is 15.3. The van der Waals surface area contributed by atoms with Gasteiger partial charge in [-0.05, 0) is 71.6 Å². The number of nitrogens with zero attached hydrogens (tertiary/aromatic N) is 2. The summed E-state index contributed by atoms with van der Waals surface area (Å²) in [6.45, 7) is 4.90.